The zero-order valence-corrected chi connectivity index (χ0v) is 64.7. The van der Waals surface area contributed by atoms with E-state index in [1.165, 1.54) is 92.0 Å². The zero-order chi connectivity index (χ0) is 71.8. The summed E-state index contributed by atoms with van der Waals surface area (Å²) in [6.07, 6.45) is 27.1. The Balaban J connectivity index is 0.000000121. The summed E-state index contributed by atoms with van der Waals surface area (Å²) in [4.78, 5) is 56.3. The third-order valence-corrected chi connectivity index (χ3v) is 29.8. The van der Waals surface area contributed by atoms with Gasteiger partial charge >= 0.3 is 0 Å². The van der Waals surface area contributed by atoms with Gasteiger partial charge in [0.1, 0.15) is 54.3 Å². The van der Waals surface area contributed by atoms with Crippen LogP contribution in [0.2, 0.25) is 35.3 Å². The van der Waals surface area contributed by atoms with Gasteiger partial charge in [-0.2, -0.15) is 0 Å². The number of halogens is 7. The lowest BCUT2D eigenvalue weighted by Crippen LogP contribution is -2.56. The molecule has 16 rings (SSSR count). The first-order valence-electron chi connectivity index (χ1n) is 34.0. The predicted octanol–water partition coefficient (Wildman–Crippen LogP) is 15.1. The molecule has 8 aliphatic rings. The Morgan fingerprint density at radius 1 is 0.363 bits per heavy atom. The van der Waals surface area contributed by atoms with Crippen LogP contribution in [-0.4, -0.2) is 120 Å². The van der Waals surface area contributed by atoms with Gasteiger partial charge in [-0.1, -0.05) is 147 Å². The van der Waals surface area contributed by atoms with E-state index < -0.39 is 0 Å². The minimum Gasteiger partial charge on any atom is -0.382 e. The van der Waals surface area contributed by atoms with E-state index in [4.69, 9.17) is 127 Å². The maximum atomic E-state index is 6.24. The van der Waals surface area contributed by atoms with Crippen molar-refractivity contribution in [2.75, 3.05) is 101 Å². The second-order valence-corrected chi connectivity index (χ2v) is 34.6. The highest BCUT2D eigenvalue weighted by molar-refractivity contribution is 8.00. The molecule has 6 atom stereocenters. The van der Waals surface area contributed by atoms with Crippen molar-refractivity contribution in [2.45, 2.75) is 155 Å². The van der Waals surface area contributed by atoms with E-state index in [1.54, 1.807) is 61.4 Å². The quantitative estimate of drug-likeness (QED) is 0.0527. The van der Waals surface area contributed by atoms with E-state index in [1.807, 2.05) is 24.3 Å². The van der Waals surface area contributed by atoms with Crippen LogP contribution < -0.4 is 65.5 Å². The van der Waals surface area contributed by atoms with E-state index >= 15 is 0 Å². The second kappa shape index (κ2) is 31.6. The smallest absolute Gasteiger partial charge is 0.158 e. The highest BCUT2D eigenvalue weighted by Gasteiger charge is 2.51. The number of nitrogens with zero attached hydrogens (tertiary/aromatic N) is 14. The predicted molar refractivity (Wildman–Crippen MR) is 419 cm³/mol. The van der Waals surface area contributed by atoms with Crippen molar-refractivity contribution < 1.29 is 0 Å². The molecule has 4 spiro atoms. The van der Waals surface area contributed by atoms with Crippen molar-refractivity contribution in [2.24, 2.45) is 44.8 Å². The molecular formula is C69H81Cl7N22S4. The summed E-state index contributed by atoms with van der Waals surface area (Å²) in [7, 11) is 0. The number of anilines is 9. The average Bonchev–Trinajstić information content (AvgIpc) is 1.73. The van der Waals surface area contributed by atoms with Gasteiger partial charge in [-0.15, -0.1) is 0 Å². The Hall–Kier alpha value is -5.43. The van der Waals surface area contributed by atoms with E-state index in [0.717, 1.165) is 146 Å². The van der Waals surface area contributed by atoms with Crippen LogP contribution in [0, 0.1) is 27.6 Å². The molecule has 0 unspecified atom stereocenters. The summed E-state index contributed by atoms with van der Waals surface area (Å²) >= 11 is 48.4. The van der Waals surface area contributed by atoms with Crippen LogP contribution in [-0.2, 0) is 0 Å². The fraction of sp³-hybridized carbons (Fsp3) is 0.449. The average molecular weight is 1590 g/mol. The number of nitrogen functional groups attached to an aromatic ring is 5. The van der Waals surface area contributed by atoms with Crippen LogP contribution in [0.25, 0.3) is 0 Å². The van der Waals surface area contributed by atoms with Gasteiger partial charge in [-0.05, 0) is 143 Å². The van der Waals surface area contributed by atoms with E-state index in [2.05, 4.69) is 76.4 Å². The highest BCUT2D eigenvalue weighted by atomic mass is 35.5. The Bertz CT molecular complexity index is 4100. The molecule has 8 fully saturated rings. The number of pyridine rings is 2. The van der Waals surface area contributed by atoms with Crippen LogP contribution in [0.4, 0.5) is 52.4 Å². The zero-order valence-electron chi connectivity index (χ0n) is 56.1. The molecule has 4 saturated carbocycles. The lowest BCUT2D eigenvalue weighted by Gasteiger charge is -2.53. The lowest BCUT2D eigenvalue weighted by atomic mass is 9.56. The molecule has 4 saturated heterocycles. The number of aromatic nitrogens is 10. The first-order valence-corrected chi connectivity index (χ1v) is 39.9. The second-order valence-electron chi connectivity index (χ2n) is 27.8. The van der Waals surface area contributed by atoms with Gasteiger partial charge in [0, 0.05) is 113 Å². The van der Waals surface area contributed by atoms with Gasteiger partial charge in [0.05, 0.1) is 54.9 Å². The Kier molecular flexibility index (Phi) is 23.2. The Morgan fingerprint density at radius 2 is 0.696 bits per heavy atom. The summed E-state index contributed by atoms with van der Waals surface area (Å²) in [5, 5.41) is 5.58. The molecule has 4 aliphatic carbocycles. The van der Waals surface area contributed by atoms with Gasteiger partial charge in [-0.25, -0.2) is 49.8 Å². The molecular weight excluding hydrogens is 1510 g/mol. The molecule has 8 aromatic rings. The van der Waals surface area contributed by atoms with E-state index in [9.17, 15) is 0 Å². The lowest BCUT2D eigenvalue weighted by molar-refractivity contribution is 0.0163. The summed E-state index contributed by atoms with van der Waals surface area (Å²) in [5.41, 5.74) is 50.4. The van der Waals surface area contributed by atoms with Crippen molar-refractivity contribution in [1.29, 1.82) is 0 Å². The fourth-order valence-corrected chi connectivity index (χ4v) is 19.7. The molecule has 16 N–H and O–H groups in total. The van der Waals surface area contributed by atoms with Crippen molar-refractivity contribution in [1.82, 2.24) is 49.8 Å². The third kappa shape index (κ3) is 15.8. The maximum absolute atomic E-state index is 6.24. The number of rotatable bonds is 12. The molecule has 540 valence electrons. The Morgan fingerprint density at radius 3 is 1.03 bits per heavy atom. The number of piperidine rings is 2. The number of nitrogens with two attached hydrogens (primary N) is 8. The highest BCUT2D eigenvalue weighted by Crippen LogP contribution is 2.55. The van der Waals surface area contributed by atoms with Gasteiger partial charge in [0.2, 0.25) is 0 Å². The Labute approximate surface area is 646 Å². The minimum absolute atomic E-state index is 0.262. The molecule has 102 heavy (non-hydrogen) atoms. The monoisotopic (exact) mass is 1590 g/mol. The fourth-order valence-electron chi connectivity index (χ4n) is 14.9. The van der Waals surface area contributed by atoms with Crippen molar-refractivity contribution in [3.8, 4) is 0 Å². The van der Waals surface area contributed by atoms with Crippen LogP contribution >= 0.6 is 128 Å². The van der Waals surface area contributed by atoms with Crippen molar-refractivity contribution >= 4 is 181 Å². The molecule has 0 bridgehead atoms. The standard InChI is InChI=1S/C18H21Cl2N5S.2C17H19Cl2N5S.C17H22ClN7S/c1-11-2-4-18(11)5-8-25(9-6-18)13-10-23-17(16(21)24-13)26-12-3-7-22-15(20)14(12)19;2*18-10-2-1-3-11(14(10)19)25-16-15(21)23-13(8-22-16)24-7-6-17(9-24)5-4-12(17)20;18-13-10(2-6-22-14(13)20)26-16-15(21)24-12(9-23-16)25-7-4-17(5-8-25)3-1-11(17)19/h3,7,10-11H,2,4-6,8-9H2,1H3,(H2,21,24);2*1-3,8,12H,4-7,9,20H2,(H2,21,23);2,6,9,11H,1,3-5,7-8,19H2,(H2,20,22)(H2,21,24)/t11-;2*12-,17-;11-/m0100/s1. The summed E-state index contributed by atoms with van der Waals surface area (Å²) < 4.78 is 0. The summed E-state index contributed by atoms with van der Waals surface area (Å²) in [6.45, 7) is 10.1. The molecule has 2 aromatic carbocycles. The topological polar surface area (TPSA) is 350 Å². The number of hydrogen-bond donors (Lipinski definition) is 8. The minimum atomic E-state index is 0.262. The molecule has 33 heteroatoms. The van der Waals surface area contributed by atoms with Gasteiger partial charge < -0.3 is 65.5 Å². The molecule has 0 radical (unpaired) electrons. The number of hydrogen-bond acceptors (Lipinski definition) is 26. The first kappa shape index (κ1) is 74.8. The molecule has 22 nitrogen and oxygen atoms in total. The van der Waals surface area contributed by atoms with Crippen LogP contribution in [0.3, 0.4) is 0 Å². The number of benzene rings is 2. The molecule has 4 aliphatic heterocycles. The van der Waals surface area contributed by atoms with Gasteiger partial charge in [0.15, 0.2) is 23.3 Å². The molecule has 0 amide bonds. The first-order chi connectivity index (χ1) is 48.9. The normalized spacial score (nSPS) is 23.5. The largest absolute Gasteiger partial charge is 0.382 e. The molecule has 10 heterocycles. The van der Waals surface area contributed by atoms with Crippen LogP contribution in [0.1, 0.15) is 96.8 Å². The maximum Gasteiger partial charge on any atom is 0.158 e. The molecule has 6 aromatic heterocycles. The van der Waals surface area contributed by atoms with Crippen molar-refractivity contribution in [3.05, 3.63) is 121 Å². The van der Waals surface area contributed by atoms with Gasteiger partial charge in [0.25, 0.3) is 0 Å². The van der Waals surface area contributed by atoms with Crippen LogP contribution in [0.5, 0.6) is 0 Å². The SMILES string of the molecule is C[C@H]1CCC12CCN(c1cnc(Sc3ccnc(Cl)c3Cl)c(N)n1)CC2.Nc1nc(N2CCC3(CC[C@@H]3N)CC2)cnc1Sc1ccnc(N)c1Cl.Nc1nc(N2CC[C@@]3(CC[C@@H]3N)C2)cnc1Sc1cccc(Cl)c1Cl.Nc1nc(N2CC[C@]3(CC[C@H]3N)C2)cnc1Sc1cccc(Cl)c1Cl. The third-order valence-electron chi connectivity index (χ3n) is 22.3. The van der Waals surface area contributed by atoms with Gasteiger partial charge in [-0.3, -0.25) is 0 Å². The van der Waals surface area contributed by atoms with E-state index in [-0.39, 0.29) is 21.8 Å². The summed E-state index contributed by atoms with van der Waals surface area (Å²) in [6, 6.07) is 15.5. The van der Waals surface area contributed by atoms with E-state index in [0.29, 0.717) is 102 Å². The summed E-state index contributed by atoms with van der Waals surface area (Å²) in [5.74, 6) is 6.04. The van der Waals surface area contributed by atoms with Crippen LogP contribution in [0.15, 0.2) is 125 Å². The van der Waals surface area contributed by atoms with Crippen molar-refractivity contribution in [3.63, 3.8) is 0 Å².